The van der Waals surface area contributed by atoms with Crippen molar-refractivity contribution in [3.8, 4) is 11.6 Å². The van der Waals surface area contributed by atoms with E-state index in [4.69, 9.17) is 10.2 Å². The fourth-order valence-corrected chi connectivity index (χ4v) is 5.05. The smallest absolute Gasteiger partial charge is 0.330 e. The number of carbonyl (C=O) groups excluding carboxylic acids is 1. The van der Waals surface area contributed by atoms with E-state index < -0.39 is 11.2 Å². The maximum Gasteiger partial charge on any atom is 0.330 e. The van der Waals surface area contributed by atoms with Crippen LogP contribution in [0.2, 0.25) is 0 Å². The molecule has 0 saturated heterocycles. The second kappa shape index (κ2) is 10.3. The van der Waals surface area contributed by atoms with Crippen LogP contribution >= 0.6 is 11.8 Å². The maximum absolute atomic E-state index is 13.5. The van der Waals surface area contributed by atoms with E-state index in [0.29, 0.717) is 23.3 Å². The Bertz CT molecular complexity index is 1260. The fraction of sp³-hybridized carbons (Fsp3) is 0.500. The first-order valence-electron chi connectivity index (χ1n) is 11.4. The lowest BCUT2D eigenvalue weighted by Crippen LogP contribution is -2.46. The summed E-state index contributed by atoms with van der Waals surface area (Å²) in [6.45, 7) is 2.38. The van der Waals surface area contributed by atoms with Gasteiger partial charge in [-0.1, -0.05) is 37.9 Å². The molecule has 3 aromatic rings. The fourth-order valence-electron chi connectivity index (χ4n) is 4.28. The topological polar surface area (TPSA) is 145 Å². The minimum atomic E-state index is -0.640. The predicted octanol–water partition coefficient (Wildman–Crippen LogP) is 2.38. The summed E-state index contributed by atoms with van der Waals surface area (Å²) in [5.74, 6) is 0.933. The van der Waals surface area contributed by atoms with Crippen molar-refractivity contribution >= 4 is 29.2 Å². The first-order chi connectivity index (χ1) is 16.4. The van der Waals surface area contributed by atoms with E-state index in [0.717, 1.165) is 38.5 Å². The van der Waals surface area contributed by atoms with Crippen LogP contribution in [0.1, 0.15) is 45.4 Å². The Labute approximate surface area is 200 Å². The second-order valence-corrected chi connectivity index (χ2v) is 9.27. The van der Waals surface area contributed by atoms with Crippen molar-refractivity contribution in [1.29, 1.82) is 0 Å². The van der Waals surface area contributed by atoms with E-state index in [9.17, 15) is 14.4 Å². The summed E-state index contributed by atoms with van der Waals surface area (Å²) in [6.07, 6.45) is 6.62. The minimum absolute atomic E-state index is 0.0335. The van der Waals surface area contributed by atoms with Crippen molar-refractivity contribution in [3.63, 3.8) is 0 Å². The second-order valence-electron chi connectivity index (χ2n) is 8.33. The lowest BCUT2D eigenvalue weighted by molar-refractivity contribution is -0.116. The van der Waals surface area contributed by atoms with Gasteiger partial charge in [0.05, 0.1) is 12.0 Å². The molecule has 0 atom stereocenters. The molecule has 1 fully saturated rings. The van der Waals surface area contributed by atoms with Crippen LogP contribution in [0.4, 0.5) is 11.5 Å². The molecule has 11 nitrogen and oxygen atoms in total. The third-order valence-corrected chi connectivity index (χ3v) is 7.06. The van der Waals surface area contributed by atoms with Gasteiger partial charge in [0.15, 0.2) is 22.4 Å². The number of nitrogen functional groups attached to an aromatic ring is 1. The Balaban J connectivity index is 1.62. The number of unbranched alkanes of at least 4 members (excludes halogenated alkanes) is 1. The van der Waals surface area contributed by atoms with Gasteiger partial charge in [0, 0.05) is 19.6 Å². The highest BCUT2D eigenvalue weighted by atomic mass is 32.2. The highest BCUT2D eigenvalue weighted by Crippen LogP contribution is 2.31. The van der Waals surface area contributed by atoms with Crippen LogP contribution in [0, 0.1) is 0 Å². The van der Waals surface area contributed by atoms with E-state index >= 15 is 0 Å². The standard InChI is InChI=1S/C22H29N7O4S/c1-3-4-11-28-18(23)17(20(31)24-21(28)32)29(14-8-5-6-9-14)16(30)13-34-22-26-25-19(27(22)2)15-10-7-12-33-15/h7,10,12,14H,3-6,8-9,11,13,23H2,1-2H3,(H,24,31,32). The van der Waals surface area contributed by atoms with Crippen molar-refractivity contribution in [2.24, 2.45) is 7.05 Å². The summed E-state index contributed by atoms with van der Waals surface area (Å²) in [5, 5.41) is 8.87. The number of H-pyrrole nitrogens is 1. The molecule has 0 unspecified atom stereocenters. The quantitative estimate of drug-likeness (QED) is 0.438. The number of thioether (sulfide) groups is 1. The van der Waals surface area contributed by atoms with Crippen LogP contribution < -0.4 is 21.9 Å². The Kier molecular flexibility index (Phi) is 7.25. The van der Waals surface area contributed by atoms with Gasteiger partial charge in [-0.3, -0.25) is 19.1 Å². The van der Waals surface area contributed by atoms with Gasteiger partial charge in [-0.25, -0.2) is 4.79 Å². The number of carbonyl (C=O) groups is 1. The molecule has 4 rings (SSSR count). The molecule has 1 aliphatic carbocycles. The van der Waals surface area contributed by atoms with Crippen LogP contribution in [0.15, 0.2) is 37.6 Å². The van der Waals surface area contributed by atoms with Gasteiger partial charge in [0.1, 0.15) is 5.82 Å². The van der Waals surface area contributed by atoms with E-state index in [-0.39, 0.29) is 29.2 Å². The zero-order chi connectivity index (χ0) is 24.2. The number of aromatic amines is 1. The van der Waals surface area contributed by atoms with Crippen LogP contribution in [-0.4, -0.2) is 42.0 Å². The number of aromatic nitrogens is 5. The molecule has 1 amide bonds. The van der Waals surface area contributed by atoms with E-state index in [1.165, 1.54) is 21.2 Å². The number of nitrogens with zero attached hydrogens (tertiary/aromatic N) is 5. The first kappa shape index (κ1) is 23.9. The average molecular weight is 488 g/mol. The largest absolute Gasteiger partial charge is 0.461 e. The Hall–Kier alpha value is -3.28. The molecule has 3 heterocycles. The molecule has 1 aliphatic rings. The molecule has 1 saturated carbocycles. The van der Waals surface area contributed by atoms with Crippen LogP contribution in [0.25, 0.3) is 11.6 Å². The third-order valence-electron chi connectivity index (χ3n) is 6.05. The lowest BCUT2D eigenvalue weighted by Gasteiger charge is -2.29. The summed E-state index contributed by atoms with van der Waals surface area (Å²) in [5.41, 5.74) is 5.19. The van der Waals surface area contributed by atoms with Gasteiger partial charge >= 0.3 is 5.69 Å². The number of hydrogen-bond donors (Lipinski definition) is 2. The molecule has 0 radical (unpaired) electrons. The molecular weight excluding hydrogens is 458 g/mol. The number of amides is 1. The molecule has 3 aromatic heterocycles. The van der Waals surface area contributed by atoms with Gasteiger partial charge in [0.2, 0.25) is 5.91 Å². The molecule has 34 heavy (non-hydrogen) atoms. The molecule has 0 spiro atoms. The van der Waals surface area contributed by atoms with Crippen molar-refractivity contribution < 1.29 is 9.21 Å². The molecule has 182 valence electrons. The van der Waals surface area contributed by atoms with Crippen molar-refractivity contribution in [2.75, 3.05) is 16.4 Å². The van der Waals surface area contributed by atoms with Crippen molar-refractivity contribution in [2.45, 2.75) is 63.2 Å². The van der Waals surface area contributed by atoms with E-state index in [2.05, 4.69) is 15.2 Å². The molecular formula is C22H29N7O4S. The maximum atomic E-state index is 13.5. The van der Waals surface area contributed by atoms with E-state index in [1.54, 1.807) is 30.0 Å². The van der Waals surface area contributed by atoms with Crippen LogP contribution in [0.3, 0.4) is 0 Å². The van der Waals surface area contributed by atoms with Gasteiger partial charge in [0.25, 0.3) is 5.56 Å². The number of hydrogen-bond acceptors (Lipinski definition) is 8. The number of anilines is 2. The Morgan fingerprint density at radius 3 is 2.76 bits per heavy atom. The zero-order valence-corrected chi connectivity index (χ0v) is 20.1. The summed E-state index contributed by atoms with van der Waals surface area (Å²) < 4.78 is 8.49. The van der Waals surface area contributed by atoms with Crippen LogP contribution in [0.5, 0.6) is 0 Å². The van der Waals surface area contributed by atoms with Gasteiger partial charge in [-0.05, 0) is 31.4 Å². The monoisotopic (exact) mass is 487 g/mol. The number of furan rings is 1. The predicted molar refractivity (Wildman–Crippen MR) is 130 cm³/mol. The number of rotatable bonds is 9. The Morgan fingerprint density at radius 1 is 1.32 bits per heavy atom. The molecule has 0 bridgehead atoms. The minimum Gasteiger partial charge on any atom is -0.461 e. The number of nitrogens with two attached hydrogens (primary N) is 1. The third kappa shape index (κ3) is 4.67. The number of nitrogens with one attached hydrogen (secondary N) is 1. The SMILES string of the molecule is CCCCn1c(N)c(N(C(=O)CSc2nnc(-c3ccco3)n2C)C2CCCC2)c(=O)[nH]c1=O. The van der Waals surface area contributed by atoms with Gasteiger partial charge in [-0.2, -0.15) is 0 Å². The zero-order valence-electron chi connectivity index (χ0n) is 19.3. The molecule has 3 N–H and O–H groups in total. The lowest BCUT2D eigenvalue weighted by atomic mass is 10.2. The Morgan fingerprint density at radius 2 is 2.09 bits per heavy atom. The summed E-state index contributed by atoms with van der Waals surface area (Å²) in [6, 6.07) is 3.40. The highest BCUT2D eigenvalue weighted by molar-refractivity contribution is 7.99. The van der Waals surface area contributed by atoms with Crippen LogP contribution in [-0.2, 0) is 18.4 Å². The summed E-state index contributed by atoms with van der Waals surface area (Å²) in [7, 11) is 1.80. The summed E-state index contributed by atoms with van der Waals surface area (Å²) >= 11 is 1.22. The van der Waals surface area contributed by atoms with E-state index in [1.807, 2.05) is 6.92 Å². The molecule has 12 heteroatoms. The van der Waals surface area contributed by atoms with Gasteiger partial charge in [-0.15, -0.1) is 10.2 Å². The average Bonchev–Trinajstić information content (AvgIpc) is 3.57. The normalized spacial score (nSPS) is 14.1. The van der Waals surface area contributed by atoms with Crippen molar-refractivity contribution in [3.05, 3.63) is 39.2 Å². The van der Waals surface area contributed by atoms with Crippen molar-refractivity contribution in [1.82, 2.24) is 24.3 Å². The highest BCUT2D eigenvalue weighted by Gasteiger charge is 2.32. The van der Waals surface area contributed by atoms with Gasteiger partial charge < -0.3 is 19.6 Å². The molecule has 0 aromatic carbocycles. The first-order valence-corrected chi connectivity index (χ1v) is 12.4. The molecule has 0 aliphatic heterocycles. The summed E-state index contributed by atoms with van der Waals surface area (Å²) in [4.78, 5) is 42.6.